The van der Waals surface area contributed by atoms with Crippen molar-refractivity contribution in [1.82, 2.24) is 11.1 Å². The third kappa shape index (κ3) is 3.73. The predicted octanol–water partition coefficient (Wildman–Crippen LogP) is 2.35. The molecule has 0 aliphatic carbocycles. The molecule has 5 heteroatoms. The first-order valence-electron chi connectivity index (χ1n) is 5.43. The first-order chi connectivity index (χ1) is 7.65. The van der Waals surface area contributed by atoms with Gasteiger partial charge in [0.05, 0.1) is 12.7 Å². The summed E-state index contributed by atoms with van der Waals surface area (Å²) in [5.41, 5.74) is 0.799. The van der Waals surface area contributed by atoms with Crippen LogP contribution in [0.15, 0.2) is 18.2 Å². The normalized spacial score (nSPS) is 21.0. The van der Waals surface area contributed by atoms with E-state index in [0.29, 0.717) is 13.2 Å². The molecule has 96 valence electrons. The number of halogens is 2. The summed E-state index contributed by atoms with van der Waals surface area (Å²) in [6.07, 6.45) is 0.207. The largest absolute Gasteiger partial charge is 0.376 e. The second-order valence-corrected chi connectivity index (χ2v) is 4.16. The van der Waals surface area contributed by atoms with E-state index in [1.807, 2.05) is 6.92 Å². The molecule has 1 aromatic carbocycles. The van der Waals surface area contributed by atoms with Gasteiger partial charge in [0.1, 0.15) is 0 Å². The quantitative estimate of drug-likeness (QED) is 0.868. The highest BCUT2D eigenvalue weighted by Gasteiger charge is 2.16. The number of nitrogens with zero attached hydrogens (tertiary/aromatic N) is 1. The van der Waals surface area contributed by atoms with Gasteiger partial charge < -0.3 is 10.9 Å². The lowest BCUT2D eigenvalue weighted by Crippen LogP contribution is -2.40. The van der Waals surface area contributed by atoms with Crippen molar-refractivity contribution in [2.45, 2.75) is 19.6 Å². The van der Waals surface area contributed by atoms with Gasteiger partial charge in [-0.15, -0.1) is 0 Å². The highest BCUT2D eigenvalue weighted by atomic mass is 19.2. The van der Waals surface area contributed by atoms with Crippen LogP contribution in [0.4, 0.5) is 8.78 Å². The van der Waals surface area contributed by atoms with Gasteiger partial charge in [0.2, 0.25) is 0 Å². The van der Waals surface area contributed by atoms with E-state index < -0.39 is 11.6 Å². The zero-order valence-electron chi connectivity index (χ0n) is 9.96. The molecule has 1 aromatic rings. The number of morpholine rings is 1. The molecule has 1 heterocycles. The van der Waals surface area contributed by atoms with Crippen molar-refractivity contribution < 1.29 is 13.5 Å². The van der Waals surface area contributed by atoms with E-state index in [1.54, 1.807) is 6.07 Å². The number of benzene rings is 1. The average Bonchev–Trinajstić information content (AvgIpc) is 2.24. The highest BCUT2D eigenvalue weighted by molar-refractivity contribution is 5.17. The third-order valence-corrected chi connectivity index (χ3v) is 2.72. The number of ether oxygens (including phenoxy) is 1. The molecule has 0 amide bonds. The zero-order chi connectivity index (χ0) is 11.5. The molecule has 1 saturated heterocycles. The van der Waals surface area contributed by atoms with Gasteiger partial charge >= 0.3 is 0 Å². The third-order valence-electron chi connectivity index (χ3n) is 2.72. The van der Waals surface area contributed by atoms with E-state index in [0.717, 1.165) is 18.7 Å². The summed E-state index contributed by atoms with van der Waals surface area (Å²) in [4.78, 5) is 2.18. The fraction of sp³-hybridized carbons (Fsp3) is 0.500. The van der Waals surface area contributed by atoms with Crippen LogP contribution in [0, 0.1) is 11.6 Å². The Morgan fingerprint density at radius 1 is 1.35 bits per heavy atom. The molecule has 1 aliphatic heterocycles. The maximum absolute atomic E-state index is 13.0. The summed E-state index contributed by atoms with van der Waals surface area (Å²) in [5.74, 6) is -1.57. The minimum absolute atomic E-state index is 0. The fourth-order valence-electron chi connectivity index (χ4n) is 1.93. The van der Waals surface area contributed by atoms with E-state index in [1.165, 1.54) is 12.1 Å². The lowest BCUT2D eigenvalue weighted by Gasteiger charge is -2.31. The molecule has 1 atom stereocenters. The first-order valence-corrected chi connectivity index (χ1v) is 5.43. The molecule has 0 spiro atoms. The Balaban J connectivity index is 0.00000144. The Hall–Kier alpha value is -1.04. The van der Waals surface area contributed by atoms with Crippen LogP contribution < -0.4 is 6.15 Å². The van der Waals surface area contributed by atoms with Crippen LogP contribution in [0.2, 0.25) is 0 Å². The monoisotopic (exact) mass is 244 g/mol. The molecule has 3 N–H and O–H groups in total. The average molecular weight is 244 g/mol. The highest BCUT2D eigenvalue weighted by Crippen LogP contribution is 2.13. The Bertz CT molecular complexity index is 374. The summed E-state index contributed by atoms with van der Waals surface area (Å²) in [5, 5.41) is 0. The van der Waals surface area contributed by atoms with E-state index in [-0.39, 0.29) is 12.3 Å². The first kappa shape index (κ1) is 14.0. The van der Waals surface area contributed by atoms with Crippen molar-refractivity contribution in [3.8, 4) is 0 Å². The van der Waals surface area contributed by atoms with E-state index in [2.05, 4.69) is 4.90 Å². The predicted molar refractivity (Wildman–Crippen MR) is 62.1 cm³/mol. The minimum Gasteiger partial charge on any atom is -0.376 e. The van der Waals surface area contributed by atoms with Crippen molar-refractivity contribution in [1.29, 1.82) is 0 Å². The van der Waals surface area contributed by atoms with Crippen LogP contribution in [0.1, 0.15) is 12.5 Å². The molecule has 0 aromatic heterocycles. The number of rotatable bonds is 2. The maximum Gasteiger partial charge on any atom is 0.159 e. The van der Waals surface area contributed by atoms with Gasteiger partial charge in [-0.2, -0.15) is 0 Å². The molecule has 17 heavy (non-hydrogen) atoms. The van der Waals surface area contributed by atoms with E-state index >= 15 is 0 Å². The van der Waals surface area contributed by atoms with Crippen molar-refractivity contribution in [3.05, 3.63) is 35.4 Å². The van der Waals surface area contributed by atoms with E-state index in [9.17, 15) is 8.78 Å². The molecule has 0 bridgehead atoms. The SMILES string of the molecule is C[C@H]1CN(Cc2ccc(F)c(F)c2)CCO1.N. The smallest absolute Gasteiger partial charge is 0.159 e. The van der Waals surface area contributed by atoms with Crippen molar-refractivity contribution in [2.24, 2.45) is 0 Å². The lowest BCUT2D eigenvalue weighted by molar-refractivity contribution is -0.0212. The van der Waals surface area contributed by atoms with Crippen LogP contribution in [-0.2, 0) is 11.3 Å². The Morgan fingerprint density at radius 2 is 2.12 bits per heavy atom. The van der Waals surface area contributed by atoms with Crippen LogP contribution in [0.25, 0.3) is 0 Å². The van der Waals surface area contributed by atoms with Crippen molar-refractivity contribution in [2.75, 3.05) is 19.7 Å². The second-order valence-electron chi connectivity index (χ2n) is 4.16. The molecule has 0 radical (unpaired) electrons. The van der Waals surface area contributed by atoms with Crippen molar-refractivity contribution >= 4 is 0 Å². The zero-order valence-corrected chi connectivity index (χ0v) is 9.96. The number of hydrogen-bond donors (Lipinski definition) is 1. The van der Waals surface area contributed by atoms with Crippen molar-refractivity contribution in [3.63, 3.8) is 0 Å². The molecular formula is C12H18F2N2O. The molecule has 1 aliphatic rings. The Morgan fingerprint density at radius 3 is 2.76 bits per heavy atom. The second kappa shape index (κ2) is 6.05. The minimum atomic E-state index is -0.793. The lowest BCUT2D eigenvalue weighted by atomic mass is 10.2. The summed E-state index contributed by atoms with van der Waals surface area (Å²) in [6, 6.07) is 4.06. The van der Waals surface area contributed by atoms with Gasteiger partial charge in [0.25, 0.3) is 0 Å². The molecule has 0 saturated carbocycles. The van der Waals surface area contributed by atoms with E-state index in [4.69, 9.17) is 4.74 Å². The van der Waals surface area contributed by atoms with Gasteiger partial charge in [-0.25, -0.2) is 8.78 Å². The molecule has 1 fully saturated rings. The maximum atomic E-state index is 13.0. The van der Waals surface area contributed by atoms with Gasteiger partial charge in [0.15, 0.2) is 11.6 Å². The standard InChI is InChI=1S/C12H15F2NO.H3N/c1-9-7-15(4-5-16-9)8-10-2-3-11(13)12(14)6-10;/h2-3,6,9H,4-5,7-8H2,1H3;1H3/t9-;/m0./s1. The molecule has 2 rings (SSSR count). The summed E-state index contributed by atoms with van der Waals surface area (Å²) >= 11 is 0. The Kier molecular flexibility index (Phi) is 4.99. The topological polar surface area (TPSA) is 47.5 Å². The van der Waals surface area contributed by atoms with Gasteiger partial charge in [-0.3, -0.25) is 4.90 Å². The van der Waals surface area contributed by atoms with Gasteiger partial charge in [0, 0.05) is 19.6 Å². The van der Waals surface area contributed by atoms with Crippen LogP contribution in [-0.4, -0.2) is 30.7 Å². The van der Waals surface area contributed by atoms with Crippen LogP contribution in [0.5, 0.6) is 0 Å². The molecular weight excluding hydrogens is 226 g/mol. The van der Waals surface area contributed by atoms with Crippen LogP contribution >= 0.6 is 0 Å². The molecule has 0 unspecified atom stereocenters. The van der Waals surface area contributed by atoms with Crippen LogP contribution in [0.3, 0.4) is 0 Å². The molecule has 3 nitrogen and oxygen atoms in total. The Labute approximate surface area is 100.0 Å². The summed E-state index contributed by atoms with van der Waals surface area (Å²) < 4.78 is 31.1. The number of hydrogen-bond acceptors (Lipinski definition) is 3. The van der Waals surface area contributed by atoms with Gasteiger partial charge in [-0.05, 0) is 24.6 Å². The van der Waals surface area contributed by atoms with Gasteiger partial charge in [-0.1, -0.05) is 6.07 Å². The summed E-state index contributed by atoms with van der Waals surface area (Å²) in [7, 11) is 0. The fourth-order valence-corrected chi connectivity index (χ4v) is 1.93. The summed E-state index contributed by atoms with van der Waals surface area (Å²) in [6.45, 7) is 5.02.